The zero-order chi connectivity index (χ0) is 37.7. The van der Waals surface area contributed by atoms with E-state index in [1.165, 1.54) is 27.1 Å². The van der Waals surface area contributed by atoms with Crippen molar-refractivity contribution in [2.75, 3.05) is 5.90 Å². The molecule has 0 aliphatic rings. The van der Waals surface area contributed by atoms with Gasteiger partial charge in [0.25, 0.3) is 0 Å². The molecule has 0 aliphatic carbocycles. The summed E-state index contributed by atoms with van der Waals surface area (Å²) in [7, 11) is -1.69. The Morgan fingerprint density at radius 2 is 0.684 bits per heavy atom. The Morgan fingerprint density at radius 1 is 0.351 bits per heavy atom. The molecule has 0 spiro atoms. The van der Waals surface area contributed by atoms with E-state index in [4.69, 9.17) is 12.8 Å². The number of benzene rings is 9. The molecule has 57 heavy (non-hydrogen) atoms. The van der Waals surface area contributed by atoms with Crippen LogP contribution < -0.4 is 21.2 Å². The van der Waals surface area contributed by atoms with E-state index in [9.17, 15) is 0 Å². The first-order chi connectivity index (χ1) is 27.2. The van der Waals surface area contributed by atoms with Gasteiger partial charge in [-0.1, -0.05) is 174 Å². The standard InChI is InChI=1S/C25H22P2.C16H9.C12H7.Ag.Au/c1-5-13-22(14-6-1)26(23-15-7-2-8-16-23)21-27(24-17-9-3-10-18-24)25-19-11-4-12-20-25;1-2-14-15-9-5-3-7-12(15)11-13-8-4-6-10-16(13)14;1-2-10-7-5-8-11-6-3-4-9-12(10)11;;/h1-20H,21H2;3-11H;3-9H;;/q;2*-1;2*+1/p+2. The molecule has 0 aliphatic heterocycles. The van der Waals surface area contributed by atoms with Gasteiger partial charge >= 0.3 is 44.8 Å². The molecule has 0 unspecified atom stereocenters. The van der Waals surface area contributed by atoms with E-state index in [1.807, 2.05) is 78.9 Å². The van der Waals surface area contributed by atoms with E-state index in [0.29, 0.717) is 0 Å². The first kappa shape index (κ1) is 43.3. The van der Waals surface area contributed by atoms with Crippen molar-refractivity contribution in [3.63, 3.8) is 0 Å². The van der Waals surface area contributed by atoms with Gasteiger partial charge in [0.15, 0.2) is 5.90 Å². The van der Waals surface area contributed by atoms with E-state index in [1.54, 1.807) is 0 Å². The quantitative estimate of drug-likeness (QED) is 0.0512. The molecular weight excluding hydrogens is 1000 g/mol. The van der Waals surface area contributed by atoms with Gasteiger partial charge in [-0.3, -0.25) is 11.8 Å². The van der Waals surface area contributed by atoms with Crippen LogP contribution in [0.2, 0.25) is 0 Å². The average molecular weight is 1040 g/mol. The largest absolute Gasteiger partial charge is 1.00 e. The van der Waals surface area contributed by atoms with E-state index < -0.39 is 15.8 Å². The van der Waals surface area contributed by atoms with Gasteiger partial charge in [0.1, 0.15) is 37.1 Å². The number of fused-ring (bicyclic) bond motifs is 3. The van der Waals surface area contributed by atoms with E-state index in [2.05, 4.69) is 151 Å². The summed E-state index contributed by atoms with van der Waals surface area (Å²) >= 11 is 0. The molecule has 0 bridgehead atoms. The van der Waals surface area contributed by atoms with Crippen LogP contribution in [0.3, 0.4) is 0 Å². The van der Waals surface area contributed by atoms with Crippen LogP contribution in [0.25, 0.3) is 32.3 Å². The first-order valence-electron chi connectivity index (χ1n) is 18.4. The summed E-state index contributed by atoms with van der Waals surface area (Å²) in [4.78, 5) is 0. The smallest absolute Gasteiger partial charge is 0.366 e. The molecule has 9 aromatic rings. The monoisotopic (exact) mass is 1040 g/mol. The molecule has 282 valence electrons. The number of hydrogen-bond acceptors (Lipinski definition) is 0. The van der Waals surface area contributed by atoms with Crippen LogP contribution >= 0.6 is 15.8 Å². The van der Waals surface area contributed by atoms with Crippen molar-refractivity contribution >= 4 is 69.4 Å². The Labute approximate surface area is 371 Å². The third-order valence-corrected chi connectivity index (χ3v) is 16.6. The van der Waals surface area contributed by atoms with Gasteiger partial charge in [-0.15, -0.1) is 17.2 Å². The summed E-state index contributed by atoms with van der Waals surface area (Å²) in [5.74, 6) is 6.23. The Hall–Kier alpha value is -4.78. The summed E-state index contributed by atoms with van der Waals surface area (Å²) in [5, 5.41) is 12.8. The first-order valence-corrected chi connectivity index (χ1v) is 21.8. The topological polar surface area (TPSA) is 0 Å². The van der Waals surface area contributed by atoms with Crippen LogP contribution in [-0.4, -0.2) is 5.90 Å². The van der Waals surface area contributed by atoms with Crippen LogP contribution in [-0.2, 0) is 44.8 Å². The molecular formula is C53H40AgAuP2+2. The summed E-state index contributed by atoms with van der Waals surface area (Å²) in [6.07, 6.45) is 14.5. The fraction of sp³-hybridized carbons (Fsp3) is 0.0189. The molecule has 0 radical (unpaired) electrons. The molecule has 0 aromatic heterocycles. The van der Waals surface area contributed by atoms with Gasteiger partial charge in [0.05, 0.1) is 0 Å². The molecule has 0 amide bonds. The average Bonchev–Trinajstić information content (AvgIpc) is 3.27. The van der Waals surface area contributed by atoms with Gasteiger partial charge < -0.3 is 12.8 Å². The molecule has 0 heterocycles. The van der Waals surface area contributed by atoms with Crippen LogP contribution in [0.4, 0.5) is 0 Å². The zero-order valence-corrected chi connectivity index (χ0v) is 36.7. The van der Waals surface area contributed by atoms with Gasteiger partial charge in [0, 0.05) is 0 Å². The van der Waals surface area contributed by atoms with Gasteiger partial charge in [-0.05, 0) is 70.8 Å². The summed E-state index contributed by atoms with van der Waals surface area (Å²) in [6, 6.07) is 76.8. The van der Waals surface area contributed by atoms with Gasteiger partial charge in [-0.25, -0.2) is 0 Å². The minimum absolute atomic E-state index is 0. The normalized spacial score (nSPS) is 10.2. The molecule has 9 aromatic carbocycles. The maximum atomic E-state index is 7.46. The Balaban J connectivity index is 0.000000176. The van der Waals surface area contributed by atoms with Crippen LogP contribution in [0.1, 0.15) is 11.1 Å². The predicted octanol–water partition coefficient (Wildman–Crippen LogP) is 11.4. The molecule has 0 fully saturated rings. The molecule has 9 rings (SSSR count). The van der Waals surface area contributed by atoms with Crippen molar-refractivity contribution in [2.24, 2.45) is 0 Å². The molecule has 4 heteroatoms. The van der Waals surface area contributed by atoms with Crippen molar-refractivity contribution in [2.45, 2.75) is 0 Å². The maximum Gasteiger partial charge on any atom is 1.00 e. The van der Waals surface area contributed by atoms with Gasteiger partial charge in [0.2, 0.25) is 0 Å². The second-order valence-electron chi connectivity index (χ2n) is 13.1. The fourth-order valence-corrected chi connectivity index (χ4v) is 14.7. The molecule has 0 saturated heterocycles. The van der Waals surface area contributed by atoms with Crippen molar-refractivity contribution in [1.29, 1.82) is 0 Å². The van der Waals surface area contributed by atoms with Crippen LogP contribution in [0, 0.1) is 24.7 Å². The minimum atomic E-state index is -0.847. The minimum Gasteiger partial charge on any atom is -0.366 e. The third-order valence-electron chi connectivity index (χ3n) is 9.66. The molecule has 0 N–H and O–H groups in total. The number of hydrogen-bond donors (Lipinski definition) is 0. The van der Waals surface area contributed by atoms with Crippen molar-refractivity contribution in [3.8, 4) is 11.8 Å². The Bertz CT molecular complexity index is 2490. The summed E-state index contributed by atoms with van der Waals surface area (Å²) < 4.78 is 0. The zero-order valence-electron chi connectivity index (χ0n) is 31.1. The van der Waals surface area contributed by atoms with E-state index >= 15 is 0 Å². The second-order valence-corrected chi connectivity index (χ2v) is 18.7. The van der Waals surface area contributed by atoms with E-state index in [0.717, 1.165) is 43.4 Å². The molecule has 0 nitrogen and oxygen atoms in total. The molecule has 0 saturated carbocycles. The van der Waals surface area contributed by atoms with Crippen molar-refractivity contribution < 1.29 is 44.8 Å². The number of rotatable bonds is 6. The van der Waals surface area contributed by atoms with Gasteiger partial charge in [-0.2, -0.15) is 0 Å². The molecule has 0 atom stereocenters. The predicted molar refractivity (Wildman–Crippen MR) is 244 cm³/mol. The maximum absolute atomic E-state index is 7.46. The fourth-order valence-electron chi connectivity index (χ4n) is 6.96. The van der Waals surface area contributed by atoms with Crippen LogP contribution in [0.5, 0.6) is 0 Å². The van der Waals surface area contributed by atoms with E-state index in [-0.39, 0.29) is 44.8 Å². The summed E-state index contributed by atoms with van der Waals surface area (Å²) in [5.41, 5.74) is 1.74. The second kappa shape index (κ2) is 22.2. The van der Waals surface area contributed by atoms with Crippen LogP contribution in [0.15, 0.2) is 218 Å². The summed E-state index contributed by atoms with van der Waals surface area (Å²) in [6.45, 7) is 0. The SMILES string of the molecule is [Ag+].[Au+].[C-]#Cc1c2ccccc2cc2ccccc12.[C-]#Cc1cccc2ccccc12.c1ccc([PH+](C[PH+](c2ccccc2)c2ccccc2)c2ccccc2)cc1. The third kappa shape index (κ3) is 11.0. The Kier molecular flexibility index (Phi) is 16.9. The van der Waals surface area contributed by atoms with Crippen molar-refractivity contribution in [1.82, 2.24) is 0 Å². The van der Waals surface area contributed by atoms with Crippen molar-refractivity contribution in [3.05, 3.63) is 242 Å². The Morgan fingerprint density at radius 3 is 1.07 bits per heavy atom.